The maximum atomic E-state index is 5.71. The molecule has 0 aromatic carbocycles. The molecule has 2 fully saturated rings. The van der Waals surface area contributed by atoms with Gasteiger partial charge in [-0.2, -0.15) is 0 Å². The second kappa shape index (κ2) is 6.19. The van der Waals surface area contributed by atoms with Crippen LogP contribution in [0.25, 0.3) is 0 Å². The summed E-state index contributed by atoms with van der Waals surface area (Å²) in [5, 5.41) is 0. The van der Waals surface area contributed by atoms with E-state index in [1.54, 1.807) is 0 Å². The third kappa shape index (κ3) is 3.69. The second-order valence-corrected chi connectivity index (χ2v) is 6.65. The zero-order valence-corrected chi connectivity index (χ0v) is 11.7. The van der Waals surface area contributed by atoms with E-state index in [1.165, 1.54) is 51.6 Å². The Morgan fingerprint density at radius 2 is 1.82 bits per heavy atom. The Labute approximate surface area is 107 Å². The lowest BCUT2D eigenvalue weighted by Crippen LogP contribution is -2.46. The van der Waals surface area contributed by atoms with E-state index in [2.05, 4.69) is 18.7 Å². The molecule has 0 spiro atoms. The molecule has 2 N–H and O–H groups in total. The van der Waals surface area contributed by atoms with Crippen LogP contribution in [0.2, 0.25) is 0 Å². The number of hydrogen-bond donors (Lipinski definition) is 1. The quantitative estimate of drug-likeness (QED) is 0.819. The van der Waals surface area contributed by atoms with Crippen molar-refractivity contribution in [2.75, 3.05) is 19.6 Å². The Hall–Kier alpha value is -0.0800. The molecule has 2 nitrogen and oxygen atoms in total. The molecule has 0 radical (unpaired) electrons. The molecule has 0 bridgehead atoms. The SMILES string of the molecule is CC1CC(C)CC(N2CCCC(CCN)C2)C1. The summed E-state index contributed by atoms with van der Waals surface area (Å²) in [4.78, 5) is 2.79. The monoisotopic (exact) mass is 238 g/mol. The predicted molar refractivity (Wildman–Crippen MR) is 73.9 cm³/mol. The number of rotatable bonds is 3. The summed E-state index contributed by atoms with van der Waals surface area (Å²) in [7, 11) is 0. The standard InChI is InChI=1S/C15H30N2/c1-12-8-13(2)10-15(9-12)17-7-3-4-14(11-17)5-6-16/h12-15H,3-11,16H2,1-2H3. The maximum Gasteiger partial charge on any atom is 0.0100 e. The normalized spacial score (nSPS) is 40.4. The Morgan fingerprint density at radius 1 is 1.12 bits per heavy atom. The first-order chi connectivity index (χ1) is 8.19. The molecule has 0 aromatic rings. The van der Waals surface area contributed by atoms with Gasteiger partial charge in [0.2, 0.25) is 0 Å². The second-order valence-electron chi connectivity index (χ2n) is 6.65. The van der Waals surface area contributed by atoms with E-state index in [0.717, 1.165) is 30.3 Å². The molecular formula is C15H30N2. The van der Waals surface area contributed by atoms with Crippen LogP contribution < -0.4 is 5.73 Å². The Kier molecular flexibility index (Phi) is 4.87. The highest BCUT2D eigenvalue weighted by Gasteiger charge is 2.31. The molecule has 17 heavy (non-hydrogen) atoms. The van der Waals surface area contributed by atoms with Gasteiger partial charge < -0.3 is 10.6 Å². The van der Waals surface area contributed by atoms with Crippen molar-refractivity contribution in [2.24, 2.45) is 23.5 Å². The van der Waals surface area contributed by atoms with E-state index < -0.39 is 0 Å². The molecule has 3 atom stereocenters. The fourth-order valence-electron chi connectivity index (χ4n) is 4.10. The molecule has 3 unspecified atom stereocenters. The third-order valence-corrected chi connectivity index (χ3v) is 4.80. The van der Waals surface area contributed by atoms with Crippen molar-refractivity contribution in [1.29, 1.82) is 0 Å². The maximum absolute atomic E-state index is 5.71. The van der Waals surface area contributed by atoms with Crippen LogP contribution in [0, 0.1) is 17.8 Å². The van der Waals surface area contributed by atoms with E-state index in [1.807, 2.05) is 0 Å². The van der Waals surface area contributed by atoms with Gasteiger partial charge in [0.15, 0.2) is 0 Å². The first-order valence-corrected chi connectivity index (χ1v) is 7.63. The summed E-state index contributed by atoms with van der Waals surface area (Å²) in [5.41, 5.74) is 5.71. The van der Waals surface area contributed by atoms with E-state index in [-0.39, 0.29) is 0 Å². The smallest absolute Gasteiger partial charge is 0.0100 e. The molecule has 0 aromatic heterocycles. The molecule has 1 heterocycles. The molecular weight excluding hydrogens is 208 g/mol. The van der Waals surface area contributed by atoms with Gasteiger partial charge in [-0.1, -0.05) is 13.8 Å². The minimum Gasteiger partial charge on any atom is -0.330 e. The molecule has 2 aliphatic rings. The summed E-state index contributed by atoms with van der Waals surface area (Å²) < 4.78 is 0. The van der Waals surface area contributed by atoms with Gasteiger partial charge in [-0.15, -0.1) is 0 Å². The molecule has 1 saturated heterocycles. The van der Waals surface area contributed by atoms with Crippen molar-refractivity contribution in [3.8, 4) is 0 Å². The first-order valence-electron chi connectivity index (χ1n) is 7.63. The zero-order chi connectivity index (χ0) is 12.3. The van der Waals surface area contributed by atoms with Gasteiger partial charge in [-0.05, 0) is 69.4 Å². The van der Waals surface area contributed by atoms with Crippen LogP contribution >= 0.6 is 0 Å². The third-order valence-electron chi connectivity index (χ3n) is 4.80. The lowest BCUT2D eigenvalue weighted by Gasteiger charge is -2.43. The minimum absolute atomic E-state index is 0.870. The van der Waals surface area contributed by atoms with Gasteiger partial charge in [-0.3, -0.25) is 0 Å². The van der Waals surface area contributed by atoms with Crippen molar-refractivity contribution in [2.45, 2.75) is 58.4 Å². The van der Waals surface area contributed by atoms with Crippen LogP contribution in [0.1, 0.15) is 52.4 Å². The highest BCUT2D eigenvalue weighted by Crippen LogP contribution is 2.33. The van der Waals surface area contributed by atoms with Gasteiger partial charge in [0.05, 0.1) is 0 Å². The average Bonchev–Trinajstić information content (AvgIpc) is 2.28. The van der Waals surface area contributed by atoms with Gasteiger partial charge >= 0.3 is 0 Å². The number of piperidine rings is 1. The summed E-state index contributed by atoms with van der Waals surface area (Å²) in [6.45, 7) is 8.40. The van der Waals surface area contributed by atoms with Crippen molar-refractivity contribution in [3.05, 3.63) is 0 Å². The van der Waals surface area contributed by atoms with Crippen LogP contribution in [0.3, 0.4) is 0 Å². The molecule has 1 saturated carbocycles. The van der Waals surface area contributed by atoms with Crippen LogP contribution in [0.4, 0.5) is 0 Å². The molecule has 2 rings (SSSR count). The average molecular weight is 238 g/mol. The summed E-state index contributed by atoms with van der Waals surface area (Å²) in [6, 6.07) is 0.870. The lowest BCUT2D eigenvalue weighted by atomic mass is 9.79. The fourth-order valence-corrected chi connectivity index (χ4v) is 4.10. The summed E-state index contributed by atoms with van der Waals surface area (Å²) >= 11 is 0. The van der Waals surface area contributed by atoms with Crippen LogP contribution in [-0.2, 0) is 0 Å². The van der Waals surface area contributed by atoms with Crippen molar-refractivity contribution >= 4 is 0 Å². The molecule has 0 amide bonds. The van der Waals surface area contributed by atoms with Gasteiger partial charge in [-0.25, -0.2) is 0 Å². The van der Waals surface area contributed by atoms with Gasteiger partial charge in [0.1, 0.15) is 0 Å². The van der Waals surface area contributed by atoms with Crippen LogP contribution in [0.15, 0.2) is 0 Å². The van der Waals surface area contributed by atoms with E-state index >= 15 is 0 Å². The highest BCUT2D eigenvalue weighted by molar-refractivity contribution is 4.85. The fraction of sp³-hybridized carbons (Fsp3) is 1.00. The zero-order valence-electron chi connectivity index (χ0n) is 11.7. The number of likely N-dealkylation sites (tertiary alicyclic amines) is 1. The predicted octanol–water partition coefficient (Wildman–Crippen LogP) is 2.87. The summed E-state index contributed by atoms with van der Waals surface area (Å²) in [5.74, 6) is 2.73. The Balaban J connectivity index is 1.87. The molecule has 100 valence electrons. The Morgan fingerprint density at radius 3 is 2.47 bits per heavy atom. The van der Waals surface area contributed by atoms with Crippen molar-refractivity contribution < 1.29 is 0 Å². The van der Waals surface area contributed by atoms with E-state index in [4.69, 9.17) is 5.73 Å². The molecule has 1 aliphatic carbocycles. The van der Waals surface area contributed by atoms with Crippen molar-refractivity contribution in [1.82, 2.24) is 4.90 Å². The number of hydrogen-bond acceptors (Lipinski definition) is 2. The summed E-state index contributed by atoms with van der Waals surface area (Å²) in [6.07, 6.45) is 8.33. The molecule has 1 aliphatic heterocycles. The molecule has 2 heteroatoms. The van der Waals surface area contributed by atoms with E-state index in [9.17, 15) is 0 Å². The van der Waals surface area contributed by atoms with Crippen molar-refractivity contribution in [3.63, 3.8) is 0 Å². The van der Waals surface area contributed by atoms with Crippen LogP contribution in [-0.4, -0.2) is 30.6 Å². The van der Waals surface area contributed by atoms with Gasteiger partial charge in [0, 0.05) is 12.6 Å². The minimum atomic E-state index is 0.870. The topological polar surface area (TPSA) is 29.3 Å². The number of nitrogens with two attached hydrogens (primary N) is 1. The highest BCUT2D eigenvalue weighted by atomic mass is 15.2. The Bertz CT molecular complexity index is 217. The van der Waals surface area contributed by atoms with Gasteiger partial charge in [0.25, 0.3) is 0 Å². The lowest BCUT2D eigenvalue weighted by molar-refractivity contribution is 0.0674. The van der Waals surface area contributed by atoms with E-state index in [0.29, 0.717) is 0 Å². The number of nitrogens with zero attached hydrogens (tertiary/aromatic N) is 1. The largest absolute Gasteiger partial charge is 0.330 e. The van der Waals surface area contributed by atoms with Crippen LogP contribution in [0.5, 0.6) is 0 Å². The first kappa shape index (κ1) is 13.4.